The summed E-state index contributed by atoms with van der Waals surface area (Å²) < 4.78 is 35.4. The molecule has 7 heteroatoms. The van der Waals surface area contributed by atoms with Crippen molar-refractivity contribution < 1.29 is 22.7 Å². The molecule has 0 aliphatic heterocycles. The highest BCUT2D eigenvalue weighted by Crippen LogP contribution is 2.27. The Bertz CT molecular complexity index is 1010. The van der Waals surface area contributed by atoms with Crippen LogP contribution in [0.3, 0.4) is 0 Å². The van der Waals surface area contributed by atoms with Crippen molar-refractivity contribution in [2.24, 2.45) is 5.92 Å². The maximum Gasteiger partial charge on any atom is 0.308 e. The van der Waals surface area contributed by atoms with Crippen LogP contribution in [-0.4, -0.2) is 37.4 Å². The zero-order valence-electron chi connectivity index (χ0n) is 22.9. The van der Waals surface area contributed by atoms with Gasteiger partial charge in [-0.1, -0.05) is 56.3 Å². The average Bonchev–Trinajstić information content (AvgIpc) is 3.57. The van der Waals surface area contributed by atoms with E-state index >= 15 is 0 Å². The van der Waals surface area contributed by atoms with Gasteiger partial charge < -0.3 is 9.47 Å². The van der Waals surface area contributed by atoms with Gasteiger partial charge in [0.15, 0.2) is 0 Å². The second-order valence-corrected chi connectivity index (χ2v) is 12.7. The van der Waals surface area contributed by atoms with Crippen LogP contribution in [0, 0.1) is 5.92 Å². The van der Waals surface area contributed by atoms with E-state index in [0.29, 0.717) is 6.61 Å². The highest BCUT2D eigenvalue weighted by molar-refractivity contribution is 7.90. The number of carbonyl (C=O) groups is 1. The third-order valence-corrected chi connectivity index (χ3v) is 6.84. The summed E-state index contributed by atoms with van der Waals surface area (Å²) in [4.78, 5) is 10.9. The van der Waals surface area contributed by atoms with Gasteiger partial charge in [0.25, 0.3) is 0 Å². The first-order chi connectivity index (χ1) is 16.1. The van der Waals surface area contributed by atoms with E-state index in [1.807, 2.05) is 48.5 Å². The van der Waals surface area contributed by atoms with Crippen LogP contribution < -0.4 is 4.72 Å². The summed E-state index contributed by atoms with van der Waals surface area (Å²) in [6.07, 6.45) is 1.95. The van der Waals surface area contributed by atoms with Crippen LogP contribution >= 0.6 is 0 Å². The number of carbonyl (C=O) groups excluding carboxylic acids is 1. The molecule has 0 bridgehead atoms. The number of rotatable bonds is 7. The van der Waals surface area contributed by atoms with Crippen molar-refractivity contribution in [3.8, 4) is 0 Å². The van der Waals surface area contributed by atoms with Crippen LogP contribution in [0.2, 0.25) is 0 Å². The molecule has 35 heavy (non-hydrogen) atoms. The van der Waals surface area contributed by atoms with Gasteiger partial charge in [-0.2, -0.15) is 0 Å². The molecule has 2 aromatic carbocycles. The van der Waals surface area contributed by atoms with Gasteiger partial charge in [0, 0.05) is 6.04 Å². The van der Waals surface area contributed by atoms with Crippen molar-refractivity contribution in [2.45, 2.75) is 105 Å². The van der Waals surface area contributed by atoms with Crippen LogP contribution in [0.15, 0.2) is 42.5 Å². The zero-order chi connectivity index (χ0) is 26.8. The molecule has 0 aromatic heterocycles. The lowest BCUT2D eigenvalue weighted by Gasteiger charge is -2.20. The molecule has 0 atom stereocenters. The molecule has 2 aromatic rings. The molecule has 0 radical (unpaired) electrons. The number of fused-ring (bicyclic) bond motifs is 1. The van der Waals surface area contributed by atoms with Crippen LogP contribution in [0.5, 0.6) is 0 Å². The zero-order valence-corrected chi connectivity index (χ0v) is 23.7. The lowest BCUT2D eigenvalue weighted by atomic mass is 10.1. The molecule has 1 N–H and O–H groups in total. The normalized spacial score (nSPS) is 13.8. The topological polar surface area (TPSA) is 81.7 Å². The first-order valence-corrected chi connectivity index (χ1v) is 14.0. The first-order valence-electron chi connectivity index (χ1n) is 12.4. The summed E-state index contributed by atoms with van der Waals surface area (Å²) in [6, 6.07) is 14.8. The Hall–Kier alpha value is -1.96. The van der Waals surface area contributed by atoms with Gasteiger partial charge in [0.2, 0.25) is 10.0 Å². The number of hydrogen-bond donors (Lipinski definition) is 1. The monoisotopic (exact) mass is 507 g/mol. The SMILES string of the molecule is CC(C)C(=O)OC(C)(C)C.CC(C)NS(=O)(=O)C1CC1.CC(C)OCc1cccc2ccccc12. The number of sulfonamides is 1. The Morgan fingerprint density at radius 3 is 2.00 bits per heavy atom. The van der Waals surface area contributed by atoms with E-state index in [0.717, 1.165) is 12.8 Å². The Morgan fingerprint density at radius 1 is 0.971 bits per heavy atom. The van der Waals surface area contributed by atoms with Gasteiger partial charge in [0.1, 0.15) is 5.60 Å². The van der Waals surface area contributed by atoms with E-state index in [4.69, 9.17) is 9.47 Å². The Labute approximate surface area is 212 Å². The van der Waals surface area contributed by atoms with Gasteiger partial charge in [-0.05, 0) is 77.6 Å². The fourth-order valence-electron chi connectivity index (χ4n) is 2.90. The van der Waals surface area contributed by atoms with Crippen molar-refractivity contribution in [2.75, 3.05) is 0 Å². The molecule has 1 fully saturated rings. The molecular weight excluding hydrogens is 462 g/mol. The lowest BCUT2D eigenvalue weighted by Crippen LogP contribution is -2.32. The quantitative estimate of drug-likeness (QED) is 0.450. The van der Waals surface area contributed by atoms with Gasteiger partial charge in [-0.15, -0.1) is 0 Å². The number of benzene rings is 2. The molecule has 0 saturated heterocycles. The van der Waals surface area contributed by atoms with Crippen LogP contribution in [0.4, 0.5) is 0 Å². The smallest absolute Gasteiger partial charge is 0.308 e. The minimum absolute atomic E-state index is 0.0285. The van der Waals surface area contributed by atoms with E-state index in [1.54, 1.807) is 0 Å². The van der Waals surface area contributed by atoms with Crippen molar-refractivity contribution in [3.63, 3.8) is 0 Å². The molecular formula is C28H45NO5S. The summed E-state index contributed by atoms with van der Waals surface area (Å²) in [5.41, 5.74) is 0.920. The summed E-state index contributed by atoms with van der Waals surface area (Å²) in [6.45, 7) is 17.7. The van der Waals surface area contributed by atoms with Gasteiger partial charge in [-0.25, -0.2) is 13.1 Å². The lowest BCUT2D eigenvalue weighted by molar-refractivity contribution is -0.158. The molecule has 0 unspecified atom stereocenters. The molecule has 0 amide bonds. The molecule has 1 aliphatic carbocycles. The number of hydrogen-bond acceptors (Lipinski definition) is 5. The van der Waals surface area contributed by atoms with E-state index in [9.17, 15) is 13.2 Å². The molecule has 3 rings (SSSR count). The van der Waals surface area contributed by atoms with E-state index in [-0.39, 0.29) is 34.9 Å². The largest absolute Gasteiger partial charge is 0.460 e. The maximum absolute atomic E-state index is 11.1. The first kappa shape index (κ1) is 31.1. The Kier molecular flexibility index (Phi) is 12.4. The third-order valence-electron chi connectivity index (χ3n) is 4.69. The molecule has 1 aliphatic rings. The van der Waals surface area contributed by atoms with E-state index in [1.165, 1.54) is 16.3 Å². The van der Waals surface area contributed by atoms with Gasteiger partial charge in [0.05, 0.1) is 23.9 Å². The summed E-state index contributed by atoms with van der Waals surface area (Å²) in [7, 11) is -2.94. The van der Waals surface area contributed by atoms with Gasteiger partial charge in [-0.3, -0.25) is 4.79 Å². The predicted octanol–water partition coefficient (Wildman–Crippen LogP) is 6.23. The van der Waals surface area contributed by atoms with Crippen molar-refractivity contribution >= 4 is 26.8 Å². The minimum Gasteiger partial charge on any atom is -0.460 e. The number of esters is 1. The average molecular weight is 508 g/mol. The standard InChI is InChI=1S/C14H16O.C8H16O2.C6H13NO2S/c1-11(2)15-10-13-8-5-7-12-6-3-4-9-14(12)13;1-6(2)7(9)10-8(3,4)5;1-5(2)7-10(8,9)6-3-4-6/h3-9,11H,10H2,1-2H3;6H,1-5H3;5-7H,3-4H2,1-2H3. The third kappa shape index (κ3) is 13.1. The summed E-state index contributed by atoms with van der Waals surface area (Å²) in [5, 5.41) is 2.48. The van der Waals surface area contributed by atoms with Crippen molar-refractivity contribution in [3.05, 3.63) is 48.0 Å². The molecule has 198 valence electrons. The fourth-order valence-corrected chi connectivity index (χ4v) is 4.50. The number of ether oxygens (including phenoxy) is 2. The molecule has 0 spiro atoms. The van der Waals surface area contributed by atoms with Gasteiger partial charge >= 0.3 is 5.97 Å². The second-order valence-electron chi connectivity index (χ2n) is 10.7. The Balaban J connectivity index is 0.000000273. The van der Waals surface area contributed by atoms with Crippen molar-refractivity contribution in [1.29, 1.82) is 0 Å². The summed E-state index contributed by atoms with van der Waals surface area (Å²) in [5.74, 6) is -0.160. The minimum atomic E-state index is -2.94. The molecule has 6 nitrogen and oxygen atoms in total. The second kappa shape index (κ2) is 14.0. The summed E-state index contributed by atoms with van der Waals surface area (Å²) >= 11 is 0. The van der Waals surface area contributed by atoms with Crippen LogP contribution in [0.25, 0.3) is 10.8 Å². The van der Waals surface area contributed by atoms with E-state index < -0.39 is 10.0 Å². The highest BCUT2D eigenvalue weighted by Gasteiger charge is 2.35. The Morgan fingerprint density at radius 2 is 1.54 bits per heavy atom. The van der Waals surface area contributed by atoms with E-state index in [2.05, 4.69) is 61.0 Å². The maximum atomic E-state index is 11.1. The van der Waals surface area contributed by atoms with Crippen LogP contribution in [-0.2, 0) is 30.9 Å². The fraction of sp³-hybridized carbons (Fsp3) is 0.607. The van der Waals surface area contributed by atoms with Crippen molar-refractivity contribution in [1.82, 2.24) is 4.72 Å². The molecule has 0 heterocycles. The predicted molar refractivity (Wildman–Crippen MR) is 145 cm³/mol. The van der Waals surface area contributed by atoms with Crippen LogP contribution in [0.1, 0.15) is 80.7 Å². The number of nitrogens with one attached hydrogen (secondary N) is 1. The highest BCUT2D eigenvalue weighted by atomic mass is 32.2. The molecule has 1 saturated carbocycles.